The Morgan fingerprint density at radius 2 is 2.00 bits per heavy atom. The summed E-state index contributed by atoms with van der Waals surface area (Å²) >= 11 is 1.44. The second kappa shape index (κ2) is 6.20. The minimum atomic E-state index is -0.667. The van der Waals surface area contributed by atoms with E-state index in [4.69, 9.17) is 0 Å². The number of thiophene rings is 1. The van der Waals surface area contributed by atoms with E-state index in [1.165, 1.54) is 22.0 Å². The van der Waals surface area contributed by atoms with Crippen molar-refractivity contribution in [2.75, 3.05) is 6.67 Å². The van der Waals surface area contributed by atoms with Crippen LogP contribution in [0.15, 0.2) is 29.1 Å². The van der Waals surface area contributed by atoms with Crippen LogP contribution in [0.2, 0.25) is 0 Å². The molecule has 0 N–H and O–H groups in total. The highest BCUT2D eigenvalue weighted by Gasteiger charge is 2.17. The molecule has 0 saturated carbocycles. The summed E-state index contributed by atoms with van der Waals surface area (Å²) in [5.74, 6) is 0.0404. The van der Waals surface area contributed by atoms with Crippen molar-refractivity contribution in [1.29, 1.82) is 0 Å². The zero-order chi connectivity index (χ0) is 16.6. The standard InChI is InChI=1S/C17H16F2N2OS/c1-10-11(2)23-16-15(10)17(22)21(8-7-18)14(20-16)9-12-5-3-4-6-13(12)19/h3-6H,7-9H2,1-2H3. The third-order valence-corrected chi connectivity index (χ3v) is 5.08. The van der Waals surface area contributed by atoms with Gasteiger partial charge in [0.05, 0.1) is 11.9 Å². The number of halogens is 2. The lowest BCUT2D eigenvalue weighted by molar-refractivity contribution is 0.432. The van der Waals surface area contributed by atoms with Crippen molar-refractivity contribution in [3.8, 4) is 0 Å². The van der Waals surface area contributed by atoms with Crippen LogP contribution in [-0.2, 0) is 13.0 Å². The van der Waals surface area contributed by atoms with Crippen LogP contribution in [-0.4, -0.2) is 16.2 Å². The van der Waals surface area contributed by atoms with Gasteiger partial charge in [0.2, 0.25) is 0 Å². The van der Waals surface area contributed by atoms with Gasteiger partial charge in [-0.05, 0) is 31.0 Å². The minimum Gasteiger partial charge on any atom is -0.293 e. The van der Waals surface area contributed by atoms with Crippen LogP contribution in [0.4, 0.5) is 8.78 Å². The molecule has 6 heteroatoms. The van der Waals surface area contributed by atoms with E-state index in [1.54, 1.807) is 18.2 Å². The average molecular weight is 334 g/mol. The van der Waals surface area contributed by atoms with E-state index in [2.05, 4.69) is 4.98 Å². The van der Waals surface area contributed by atoms with Crippen LogP contribution in [0, 0.1) is 19.7 Å². The van der Waals surface area contributed by atoms with Gasteiger partial charge in [-0.15, -0.1) is 11.3 Å². The number of hydrogen-bond donors (Lipinski definition) is 0. The normalized spacial score (nSPS) is 11.3. The molecule has 0 unspecified atom stereocenters. The molecule has 0 saturated heterocycles. The smallest absolute Gasteiger partial charge is 0.262 e. The first-order chi connectivity index (χ1) is 11.0. The highest BCUT2D eigenvalue weighted by atomic mass is 32.1. The number of aryl methyl sites for hydroxylation is 2. The monoisotopic (exact) mass is 334 g/mol. The highest BCUT2D eigenvalue weighted by Crippen LogP contribution is 2.26. The topological polar surface area (TPSA) is 34.9 Å². The molecule has 2 aromatic heterocycles. The second-order valence-corrected chi connectivity index (χ2v) is 6.61. The second-order valence-electron chi connectivity index (χ2n) is 5.41. The zero-order valence-electron chi connectivity index (χ0n) is 12.9. The molecule has 0 atom stereocenters. The summed E-state index contributed by atoms with van der Waals surface area (Å²) in [7, 11) is 0. The quantitative estimate of drug-likeness (QED) is 0.728. The molecular weight excluding hydrogens is 318 g/mol. The number of alkyl halides is 1. The minimum absolute atomic E-state index is 0.0696. The van der Waals surface area contributed by atoms with E-state index in [9.17, 15) is 13.6 Å². The van der Waals surface area contributed by atoms with Crippen molar-refractivity contribution < 1.29 is 8.78 Å². The third-order valence-electron chi connectivity index (χ3n) is 3.98. The fraction of sp³-hybridized carbons (Fsp3) is 0.294. The van der Waals surface area contributed by atoms with Gasteiger partial charge in [-0.3, -0.25) is 9.36 Å². The molecular formula is C17H16F2N2OS. The largest absolute Gasteiger partial charge is 0.293 e. The Kier molecular flexibility index (Phi) is 4.26. The molecule has 3 aromatic rings. The lowest BCUT2D eigenvalue weighted by Gasteiger charge is -2.11. The number of fused-ring (bicyclic) bond motifs is 1. The number of benzene rings is 1. The van der Waals surface area contributed by atoms with Crippen molar-refractivity contribution in [1.82, 2.24) is 9.55 Å². The van der Waals surface area contributed by atoms with Crippen LogP contribution in [0.5, 0.6) is 0 Å². The number of hydrogen-bond acceptors (Lipinski definition) is 3. The molecule has 0 radical (unpaired) electrons. The first-order valence-corrected chi connectivity index (χ1v) is 8.13. The summed E-state index contributed by atoms with van der Waals surface area (Å²) in [6.45, 7) is 3.06. The maximum absolute atomic E-state index is 13.9. The zero-order valence-corrected chi connectivity index (χ0v) is 13.7. The molecule has 3 nitrogen and oxygen atoms in total. The van der Waals surface area contributed by atoms with Gasteiger partial charge in [-0.25, -0.2) is 13.8 Å². The summed E-state index contributed by atoms with van der Waals surface area (Å²) in [6, 6.07) is 6.35. The van der Waals surface area contributed by atoms with E-state index >= 15 is 0 Å². The lowest BCUT2D eigenvalue weighted by atomic mass is 10.1. The molecule has 23 heavy (non-hydrogen) atoms. The fourth-order valence-electron chi connectivity index (χ4n) is 2.63. The Labute approximate surface area is 136 Å². The Bertz CT molecular complexity index is 930. The van der Waals surface area contributed by atoms with Gasteiger partial charge in [0, 0.05) is 11.3 Å². The predicted molar refractivity (Wildman–Crippen MR) is 88.5 cm³/mol. The van der Waals surface area contributed by atoms with Crippen LogP contribution >= 0.6 is 11.3 Å². The molecule has 0 aliphatic rings. The molecule has 2 heterocycles. The molecule has 120 valence electrons. The Hall–Kier alpha value is -2.08. The summed E-state index contributed by atoms with van der Waals surface area (Å²) in [5.41, 5.74) is 1.07. The molecule has 1 aromatic carbocycles. The van der Waals surface area contributed by atoms with Gasteiger partial charge in [0.15, 0.2) is 0 Å². The number of rotatable bonds is 4. The van der Waals surface area contributed by atoms with Crippen molar-refractivity contribution in [2.45, 2.75) is 26.8 Å². The van der Waals surface area contributed by atoms with E-state index in [0.717, 1.165) is 10.4 Å². The van der Waals surface area contributed by atoms with Crippen molar-refractivity contribution >= 4 is 21.6 Å². The molecule has 0 bridgehead atoms. The van der Waals surface area contributed by atoms with Crippen LogP contribution in [0.25, 0.3) is 10.2 Å². The van der Waals surface area contributed by atoms with E-state index in [0.29, 0.717) is 21.6 Å². The van der Waals surface area contributed by atoms with Crippen molar-refractivity contribution in [3.63, 3.8) is 0 Å². The predicted octanol–water partition coefficient (Wildman–Crippen LogP) is 3.77. The first-order valence-electron chi connectivity index (χ1n) is 7.31. The fourth-order valence-corrected chi connectivity index (χ4v) is 3.67. The summed E-state index contributed by atoms with van der Waals surface area (Å²) in [4.78, 5) is 18.9. The first kappa shape index (κ1) is 15.8. The van der Waals surface area contributed by atoms with Gasteiger partial charge in [0.1, 0.15) is 23.1 Å². The highest BCUT2D eigenvalue weighted by molar-refractivity contribution is 7.18. The molecule has 0 aliphatic heterocycles. The van der Waals surface area contributed by atoms with E-state index < -0.39 is 6.67 Å². The van der Waals surface area contributed by atoms with Crippen LogP contribution < -0.4 is 5.56 Å². The van der Waals surface area contributed by atoms with Crippen molar-refractivity contribution in [3.05, 3.63) is 62.3 Å². The number of aromatic nitrogens is 2. The van der Waals surface area contributed by atoms with Gasteiger partial charge < -0.3 is 0 Å². The third kappa shape index (κ3) is 2.79. The van der Waals surface area contributed by atoms with Gasteiger partial charge in [0.25, 0.3) is 5.56 Å². The van der Waals surface area contributed by atoms with Gasteiger partial charge >= 0.3 is 0 Å². The maximum atomic E-state index is 13.9. The number of nitrogens with zero attached hydrogens (tertiary/aromatic N) is 2. The Morgan fingerprint density at radius 1 is 1.26 bits per heavy atom. The molecule has 0 spiro atoms. The summed E-state index contributed by atoms with van der Waals surface area (Å²) < 4.78 is 28.1. The maximum Gasteiger partial charge on any atom is 0.262 e. The Morgan fingerprint density at radius 3 is 2.70 bits per heavy atom. The molecule has 3 rings (SSSR count). The Balaban J connectivity index is 2.21. The SMILES string of the molecule is Cc1sc2nc(Cc3ccccc3F)n(CCF)c(=O)c2c1C. The van der Waals surface area contributed by atoms with E-state index in [-0.39, 0.29) is 24.3 Å². The summed E-state index contributed by atoms with van der Waals surface area (Å²) in [5, 5.41) is 0.540. The van der Waals surface area contributed by atoms with Crippen LogP contribution in [0.1, 0.15) is 21.8 Å². The molecule has 0 amide bonds. The van der Waals surface area contributed by atoms with Gasteiger partial charge in [-0.2, -0.15) is 0 Å². The molecule has 0 fully saturated rings. The van der Waals surface area contributed by atoms with Crippen LogP contribution in [0.3, 0.4) is 0 Å². The lowest BCUT2D eigenvalue weighted by Crippen LogP contribution is -2.26. The summed E-state index contributed by atoms with van der Waals surface area (Å²) in [6.07, 6.45) is 0.161. The van der Waals surface area contributed by atoms with Crippen molar-refractivity contribution in [2.24, 2.45) is 0 Å². The molecule has 0 aliphatic carbocycles. The van der Waals surface area contributed by atoms with Gasteiger partial charge in [-0.1, -0.05) is 18.2 Å². The average Bonchev–Trinajstić information content (AvgIpc) is 2.80. The van der Waals surface area contributed by atoms with E-state index in [1.807, 2.05) is 13.8 Å².